The summed E-state index contributed by atoms with van der Waals surface area (Å²) in [5.41, 5.74) is 3.25. The molecule has 0 fully saturated rings. The van der Waals surface area contributed by atoms with E-state index in [-0.39, 0.29) is 28.7 Å². The molecule has 1 heterocycles. The van der Waals surface area contributed by atoms with Crippen LogP contribution in [0.2, 0.25) is 0 Å². The molecule has 2 unspecified atom stereocenters. The lowest BCUT2D eigenvalue weighted by atomic mass is 9.85. The number of carbonyl (C=O) groups excluding carboxylic acids is 1. The van der Waals surface area contributed by atoms with Crippen molar-refractivity contribution in [3.05, 3.63) is 64.7 Å². The summed E-state index contributed by atoms with van der Waals surface area (Å²) in [7, 11) is 0. The zero-order chi connectivity index (χ0) is 27.3. The number of nitriles is 1. The highest BCUT2D eigenvalue weighted by Crippen LogP contribution is 2.28. The van der Waals surface area contributed by atoms with E-state index in [1.165, 1.54) is 6.07 Å². The Morgan fingerprint density at radius 3 is 2.41 bits per heavy atom. The summed E-state index contributed by atoms with van der Waals surface area (Å²) in [6.45, 7) is 11.6. The highest BCUT2D eigenvalue weighted by atomic mass is 16.5. The second-order valence-electron chi connectivity index (χ2n) is 10.7. The minimum Gasteiger partial charge on any atom is -0.490 e. The van der Waals surface area contributed by atoms with Gasteiger partial charge < -0.3 is 20.3 Å². The molecule has 2 aromatic carbocycles. The summed E-state index contributed by atoms with van der Waals surface area (Å²) in [6, 6.07) is 13.6. The zero-order valence-corrected chi connectivity index (χ0v) is 22.3. The molecule has 8 nitrogen and oxygen atoms in total. The topological polar surface area (TPSA) is 127 Å². The Morgan fingerprint density at radius 2 is 1.86 bits per heavy atom. The number of amidine groups is 1. The fourth-order valence-corrected chi connectivity index (χ4v) is 4.25. The van der Waals surface area contributed by atoms with Crippen molar-refractivity contribution in [2.75, 3.05) is 6.61 Å². The van der Waals surface area contributed by atoms with E-state index in [0.717, 1.165) is 16.8 Å². The SMILES string of the molecule is CC1=NC(c2ccc(C[C@H](NC(=O)c3ccc(OC(C)C)c(C#N)c3)C(O)CO)cc2)=NC1C(C)(C)C. The molecule has 0 radical (unpaired) electrons. The Labute approximate surface area is 218 Å². The van der Waals surface area contributed by atoms with E-state index in [1.807, 2.05) is 45.0 Å². The molecule has 0 spiro atoms. The molecule has 3 rings (SSSR count). The maximum atomic E-state index is 13.0. The molecule has 0 saturated carbocycles. The van der Waals surface area contributed by atoms with Gasteiger partial charge in [0.05, 0.1) is 36.5 Å². The van der Waals surface area contributed by atoms with E-state index >= 15 is 0 Å². The smallest absolute Gasteiger partial charge is 0.251 e. The highest BCUT2D eigenvalue weighted by Gasteiger charge is 2.31. The van der Waals surface area contributed by atoms with Crippen LogP contribution in [-0.2, 0) is 6.42 Å². The first-order valence-electron chi connectivity index (χ1n) is 12.5. The van der Waals surface area contributed by atoms with E-state index in [0.29, 0.717) is 18.0 Å². The van der Waals surface area contributed by atoms with Gasteiger partial charge in [0.15, 0.2) is 5.84 Å². The fourth-order valence-electron chi connectivity index (χ4n) is 4.25. The second-order valence-corrected chi connectivity index (χ2v) is 10.7. The minimum atomic E-state index is -1.17. The van der Waals surface area contributed by atoms with E-state index < -0.39 is 24.7 Å². The molecule has 3 N–H and O–H groups in total. The van der Waals surface area contributed by atoms with Crippen molar-refractivity contribution < 1.29 is 19.7 Å². The van der Waals surface area contributed by atoms with Gasteiger partial charge in [-0.05, 0) is 56.4 Å². The predicted octanol–water partition coefficient (Wildman–Crippen LogP) is 3.68. The number of aliphatic hydroxyl groups excluding tert-OH is 2. The lowest BCUT2D eigenvalue weighted by Gasteiger charge is -2.24. The molecular formula is C29H36N4O4. The van der Waals surface area contributed by atoms with Crippen LogP contribution in [0.4, 0.5) is 0 Å². The second kappa shape index (κ2) is 11.7. The molecule has 0 aromatic heterocycles. The van der Waals surface area contributed by atoms with Crippen molar-refractivity contribution in [3.63, 3.8) is 0 Å². The lowest BCUT2D eigenvalue weighted by Crippen LogP contribution is -2.46. The number of nitrogens with one attached hydrogen (secondary N) is 1. The summed E-state index contributed by atoms with van der Waals surface area (Å²) in [4.78, 5) is 22.4. The third kappa shape index (κ3) is 7.03. The Hall–Kier alpha value is -3.54. The normalized spacial score (nSPS) is 17.0. The van der Waals surface area contributed by atoms with E-state index in [1.54, 1.807) is 12.1 Å². The van der Waals surface area contributed by atoms with Gasteiger partial charge in [0.25, 0.3) is 5.91 Å². The predicted molar refractivity (Wildman–Crippen MR) is 144 cm³/mol. The van der Waals surface area contributed by atoms with Crippen molar-refractivity contribution in [1.82, 2.24) is 5.32 Å². The number of carbonyl (C=O) groups is 1. The van der Waals surface area contributed by atoms with Gasteiger partial charge in [0.2, 0.25) is 0 Å². The molecule has 0 aliphatic carbocycles. The number of amides is 1. The van der Waals surface area contributed by atoms with Crippen LogP contribution < -0.4 is 10.1 Å². The monoisotopic (exact) mass is 504 g/mol. The van der Waals surface area contributed by atoms with Gasteiger partial charge in [-0.1, -0.05) is 45.0 Å². The third-order valence-corrected chi connectivity index (χ3v) is 6.11. The Kier molecular flexibility index (Phi) is 8.85. The first-order chi connectivity index (χ1) is 17.4. The van der Waals surface area contributed by atoms with Crippen molar-refractivity contribution in [1.29, 1.82) is 5.26 Å². The number of nitrogens with zero attached hydrogens (tertiary/aromatic N) is 3. The van der Waals surface area contributed by atoms with Gasteiger partial charge in [-0.15, -0.1) is 0 Å². The van der Waals surface area contributed by atoms with Crippen molar-refractivity contribution >= 4 is 17.5 Å². The highest BCUT2D eigenvalue weighted by molar-refractivity contribution is 6.12. The largest absolute Gasteiger partial charge is 0.490 e. The van der Waals surface area contributed by atoms with Crippen molar-refractivity contribution in [3.8, 4) is 11.8 Å². The Morgan fingerprint density at radius 1 is 1.19 bits per heavy atom. The van der Waals surface area contributed by atoms with Crippen LogP contribution in [0.15, 0.2) is 52.4 Å². The Balaban J connectivity index is 1.75. The molecule has 2 aromatic rings. The van der Waals surface area contributed by atoms with Crippen LogP contribution in [0, 0.1) is 16.7 Å². The summed E-state index contributed by atoms with van der Waals surface area (Å²) in [5.74, 6) is 0.642. The van der Waals surface area contributed by atoms with E-state index in [4.69, 9.17) is 9.73 Å². The average molecular weight is 505 g/mol. The number of aliphatic imine (C=N–C) groups is 2. The van der Waals surface area contributed by atoms with Crippen LogP contribution in [0.1, 0.15) is 68.6 Å². The molecular weight excluding hydrogens is 468 g/mol. The number of ether oxygens (including phenoxy) is 1. The number of rotatable bonds is 9. The maximum absolute atomic E-state index is 13.0. The van der Waals surface area contributed by atoms with Gasteiger partial charge in [-0.3, -0.25) is 9.79 Å². The molecule has 37 heavy (non-hydrogen) atoms. The number of benzene rings is 2. The molecule has 8 heteroatoms. The quantitative estimate of drug-likeness (QED) is 0.480. The first kappa shape index (κ1) is 28.0. The molecule has 1 aliphatic heterocycles. The molecule has 196 valence electrons. The summed E-state index contributed by atoms with van der Waals surface area (Å²) in [6.07, 6.45) is -0.979. The first-order valence-corrected chi connectivity index (χ1v) is 12.5. The molecule has 1 aliphatic rings. The fraction of sp³-hybridized carbons (Fsp3) is 0.448. The summed E-state index contributed by atoms with van der Waals surface area (Å²) >= 11 is 0. The summed E-state index contributed by atoms with van der Waals surface area (Å²) < 4.78 is 5.62. The van der Waals surface area contributed by atoms with Gasteiger partial charge in [-0.25, -0.2) is 4.99 Å². The number of hydrogen-bond donors (Lipinski definition) is 3. The summed E-state index contributed by atoms with van der Waals surface area (Å²) in [5, 5.41) is 32.2. The van der Waals surface area contributed by atoms with E-state index in [9.17, 15) is 20.3 Å². The molecule has 0 bridgehead atoms. The van der Waals surface area contributed by atoms with Crippen molar-refractivity contribution in [2.45, 2.75) is 72.3 Å². The maximum Gasteiger partial charge on any atom is 0.251 e. The van der Waals surface area contributed by atoms with E-state index in [2.05, 4.69) is 37.1 Å². The van der Waals surface area contributed by atoms with Gasteiger partial charge in [0.1, 0.15) is 11.8 Å². The number of hydrogen-bond acceptors (Lipinski definition) is 7. The standard InChI is InChI=1S/C29H36N4O4/c1-17(2)37-25-12-11-21(14-22(25)15-30)28(36)32-23(24(35)16-34)13-19-7-9-20(10-8-19)27-31-18(3)26(33-27)29(4,5)6/h7-12,14,17,23-24,26,34-35H,13,16H2,1-6H3,(H,32,36)/t23-,24?,26?/m0/s1. The van der Waals surface area contributed by atoms with Gasteiger partial charge in [0, 0.05) is 16.8 Å². The van der Waals surface area contributed by atoms with Gasteiger partial charge >= 0.3 is 0 Å². The van der Waals surface area contributed by atoms with Crippen LogP contribution >= 0.6 is 0 Å². The average Bonchev–Trinajstić information content (AvgIpc) is 3.25. The molecule has 0 saturated heterocycles. The molecule has 1 amide bonds. The third-order valence-electron chi connectivity index (χ3n) is 6.11. The van der Waals surface area contributed by atoms with Crippen LogP contribution in [-0.4, -0.2) is 58.6 Å². The molecule has 3 atom stereocenters. The van der Waals surface area contributed by atoms with Gasteiger partial charge in [-0.2, -0.15) is 5.26 Å². The van der Waals surface area contributed by atoms with Crippen LogP contribution in [0.3, 0.4) is 0 Å². The Bertz CT molecular complexity index is 1220. The zero-order valence-electron chi connectivity index (χ0n) is 22.3. The number of aliphatic hydroxyl groups is 2. The van der Waals surface area contributed by atoms with Crippen LogP contribution in [0.5, 0.6) is 5.75 Å². The minimum absolute atomic E-state index is 0.0170. The lowest BCUT2D eigenvalue weighted by molar-refractivity contribution is 0.0567. The van der Waals surface area contributed by atoms with Crippen molar-refractivity contribution in [2.24, 2.45) is 15.4 Å². The van der Waals surface area contributed by atoms with Crippen LogP contribution in [0.25, 0.3) is 0 Å².